The number of unbranched alkanes of at least 4 members (excludes halogenated alkanes) is 20. The molecule has 0 spiro atoms. The number of hydrogen-bond donors (Lipinski definition) is 12. The maximum atomic E-state index is 13.3. The van der Waals surface area contributed by atoms with Crippen LogP contribution < -0.4 is 5.32 Å². The van der Waals surface area contributed by atoms with Crippen molar-refractivity contribution in [3.8, 4) is 0 Å². The highest BCUT2D eigenvalue weighted by atomic mass is 16.8. The van der Waals surface area contributed by atoms with Crippen LogP contribution in [0.2, 0.25) is 0 Å². The van der Waals surface area contributed by atoms with Crippen molar-refractivity contribution in [3.63, 3.8) is 0 Å². The lowest BCUT2D eigenvalue weighted by atomic mass is 9.96. The van der Waals surface area contributed by atoms with Gasteiger partial charge in [0.15, 0.2) is 18.9 Å². The summed E-state index contributed by atoms with van der Waals surface area (Å²) in [5.74, 6) is -0.292. The summed E-state index contributed by atoms with van der Waals surface area (Å²) in [5.41, 5.74) is 0. The number of nitrogens with one attached hydrogen (secondary N) is 1. The van der Waals surface area contributed by atoms with E-state index in [0.29, 0.717) is 12.8 Å². The van der Waals surface area contributed by atoms with Gasteiger partial charge in [-0.15, -0.1) is 0 Å². The maximum Gasteiger partial charge on any atom is 0.220 e. The highest BCUT2D eigenvalue weighted by molar-refractivity contribution is 5.76. The molecule has 19 nitrogen and oxygen atoms in total. The molecule has 0 bridgehead atoms. The van der Waals surface area contributed by atoms with E-state index in [2.05, 4.69) is 116 Å². The van der Waals surface area contributed by atoms with Crippen molar-refractivity contribution in [2.24, 2.45) is 0 Å². The molecule has 17 atom stereocenters. The second-order valence-corrected chi connectivity index (χ2v) is 24.6. The minimum absolute atomic E-state index is 0.231. The number of hydrogen-bond acceptors (Lipinski definition) is 18. The van der Waals surface area contributed by atoms with Gasteiger partial charge in [0.2, 0.25) is 5.91 Å². The number of ether oxygens (including phenoxy) is 6. The smallest absolute Gasteiger partial charge is 0.220 e. The monoisotopic (exact) mass is 1300 g/mol. The minimum Gasteiger partial charge on any atom is -0.394 e. The predicted octanol–water partition coefficient (Wildman–Crippen LogP) is 9.44. The van der Waals surface area contributed by atoms with Crippen LogP contribution in [0.3, 0.4) is 0 Å². The van der Waals surface area contributed by atoms with Gasteiger partial charge < -0.3 is 89.9 Å². The van der Waals surface area contributed by atoms with Crippen LogP contribution in [0.15, 0.2) is 109 Å². The van der Waals surface area contributed by atoms with Gasteiger partial charge >= 0.3 is 0 Å². The molecule has 3 fully saturated rings. The van der Waals surface area contributed by atoms with Crippen LogP contribution in [0.25, 0.3) is 0 Å². The first-order valence-corrected chi connectivity index (χ1v) is 35.1. The number of rotatable bonds is 52. The van der Waals surface area contributed by atoms with Gasteiger partial charge in [0.1, 0.15) is 73.2 Å². The third kappa shape index (κ3) is 34.9. The highest BCUT2D eigenvalue weighted by Gasteiger charge is 2.53. The van der Waals surface area contributed by atoms with Gasteiger partial charge in [-0.3, -0.25) is 4.79 Å². The van der Waals surface area contributed by atoms with Crippen LogP contribution in [0.1, 0.15) is 213 Å². The van der Waals surface area contributed by atoms with E-state index in [1.807, 2.05) is 6.08 Å². The largest absolute Gasteiger partial charge is 0.394 e. The van der Waals surface area contributed by atoms with Crippen LogP contribution in [0.4, 0.5) is 0 Å². The Balaban J connectivity index is 1.27. The zero-order valence-electron chi connectivity index (χ0n) is 55.7. The van der Waals surface area contributed by atoms with Crippen molar-refractivity contribution in [1.29, 1.82) is 0 Å². The molecule has 1 amide bonds. The van der Waals surface area contributed by atoms with Gasteiger partial charge in [-0.1, -0.05) is 232 Å². The molecule has 17 unspecified atom stereocenters. The van der Waals surface area contributed by atoms with Crippen molar-refractivity contribution in [2.45, 2.75) is 317 Å². The summed E-state index contributed by atoms with van der Waals surface area (Å²) < 4.78 is 34.2. The van der Waals surface area contributed by atoms with Crippen molar-refractivity contribution in [2.75, 3.05) is 26.4 Å². The van der Waals surface area contributed by atoms with Crippen molar-refractivity contribution in [1.82, 2.24) is 5.32 Å². The van der Waals surface area contributed by atoms with E-state index in [1.54, 1.807) is 6.08 Å². The van der Waals surface area contributed by atoms with Gasteiger partial charge in [0, 0.05) is 6.42 Å². The van der Waals surface area contributed by atoms with Crippen molar-refractivity contribution >= 4 is 5.91 Å². The van der Waals surface area contributed by atoms with Gasteiger partial charge in [-0.2, -0.15) is 0 Å². The third-order valence-electron chi connectivity index (χ3n) is 16.8. The molecule has 3 aliphatic rings. The summed E-state index contributed by atoms with van der Waals surface area (Å²) in [4.78, 5) is 13.3. The molecule has 3 aliphatic heterocycles. The highest BCUT2D eigenvalue weighted by Crippen LogP contribution is 2.33. The van der Waals surface area contributed by atoms with Gasteiger partial charge in [-0.05, 0) is 83.5 Å². The molecule has 3 heterocycles. The van der Waals surface area contributed by atoms with Crippen LogP contribution in [-0.4, -0.2) is 193 Å². The molecular formula is C73H123NO18. The average Bonchev–Trinajstić information content (AvgIpc) is 0.830. The minimum atomic E-state index is -1.98. The summed E-state index contributed by atoms with van der Waals surface area (Å²) in [6, 6.07) is -0.992. The lowest BCUT2D eigenvalue weighted by Gasteiger charge is -2.48. The molecule has 92 heavy (non-hydrogen) atoms. The second kappa shape index (κ2) is 53.6. The summed E-state index contributed by atoms with van der Waals surface area (Å²) >= 11 is 0. The first-order valence-electron chi connectivity index (χ1n) is 35.1. The molecule has 0 saturated carbocycles. The van der Waals surface area contributed by atoms with Crippen LogP contribution in [0, 0.1) is 0 Å². The van der Waals surface area contributed by atoms with Gasteiger partial charge in [0.05, 0.1) is 38.6 Å². The Bertz CT molecular complexity index is 2090. The Hall–Kier alpha value is -3.55. The number of carbonyl (C=O) groups excluding carboxylic acids is 1. The SMILES string of the molecule is CC/C=C\C/C=C\C/C=C\C/C=C\C/C=C\C/C=C\C/C=C\CCCCCCCCCCCCCCCCCCCC(=O)NC(COC1OC(CO)C(OC2OC(CO)C(OC3OC(CO)C(O)C(O)C3O)C(O)C2O)C(O)C1O)C(O)/C=C/CC/C=C/CCCC. The van der Waals surface area contributed by atoms with Crippen molar-refractivity contribution < 1.29 is 89.4 Å². The fraction of sp³-hybridized carbons (Fsp3) is 0.740. The standard InChI is InChI=1S/C73H123NO18/c1-3-5-7-9-11-13-14-15-16-17-18-19-20-21-22-23-24-25-26-27-28-29-30-31-32-33-34-35-36-37-38-39-40-41-42-43-45-47-49-51-61(79)74-56(57(78)50-48-46-44-12-10-8-6-4-2)55-87-71-67(85)64(82)69(59(53-76)89-71)92-73-68(86)65(83)70(60(54-77)90-73)91-72-66(84)63(81)62(80)58(52-75)88-72/h5,7,10-13,15-16,18-19,21-22,24-25,27-28,48,50,56-60,62-73,75-78,80-86H,3-4,6,8-9,14,17,20,23,26,29-47,49,51-55H2,1-2H3,(H,74,79)/b7-5-,12-10+,13-11-,16-15-,19-18-,22-21-,25-24-,28-27-,50-48+. The first-order chi connectivity index (χ1) is 44.8. The Morgan fingerprint density at radius 3 is 1.22 bits per heavy atom. The zero-order valence-corrected chi connectivity index (χ0v) is 55.7. The summed E-state index contributed by atoms with van der Waals surface area (Å²) in [6.07, 6.45) is 45.7. The molecule has 0 aromatic heterocycles. The lowest BCUT2D eigenvalue weighted by molar-refractivity contribution is -0.379. The molecule has 12 N–H and O–H groups in total. The van der Waals surface area contributed by atoms with E-state index < -0.39 is 124 Å². The van der Waals surface area contributed by atoms with Crippen LogP contribution >= 0.6 is 0 Å². The quantitative estimate of drug-likeness (QED) is 0.0199. The van der Waals surface area contributed by atoms with Crippen molar-refractivity contribution in [3.05, 3.63) is 109 Å². The molecule has 0 aliphatic carbocycles. The summed E-state index contributed by atoms with van der Waals surface area (Å²) in [5, 5.41) is 120. The first kappa shape index (κ1) is 82.7. The molecule has 0 radical (unpaired) electrons. The van der Waals surface area contributed by atoms with E-state index in [0.717, 1.165) is 89.9 Å². The topological polar surface area (TPSA) is 307 Å². The van der Waals surface area contributed by atoms with Gasteiger partial charge in [0.25, 0.3) is 0 Å². The number of aliphatic hydroxyl groups excluding tert-OH is 11. The Labute approximate surface area is 551 Å². The molecule has 19 heteroatoms. The average molecular weight is 1300 g/mol. The van der Waals surface area contributed by atoms with E-state index >= 15 is 0 Å². The molecule has 3 rings (SSSR count). The number of aliphatic hydroxyl groups is 11. The normalized spacial score (nSPS) is 28.4. The summed E-state index contributed by atoms with van der Waals surface area (Å²) in [7, 11) is 0. The Kier molecular flexibility index (Phi) is 48.1. The second-order valence-electron chi connectivity index (χ2n) is 24.6. The fourth-order valence-corrected chi connectivity index (χ4v) is 11.1. The zero-order chi connectivity index (χ0) is 66.8. The third-order valence-corrected chi connectivity index (χ3v) is 16.8. The fourth-order valence-electron chi connectivity index (χ4n) is 11.1. The molecule has 3 saturated heterocycles. The molecule has 0 aromatic carbocycles. The maximum absolute atomic E-state index is 13.3. The van der Waals surface area contributed by atoms with E-state index in [9.17, 15) is 61.0 Å². The van der Waals surface area contributed by atoms with E-state index in [4.69, 9.17) is 28.4 Å². The van der Waals surface area contributed by atoms with E-state index in [-0.39, 0.29) is 18.9 Å². The number of allylic oxidation sites excluding steroid dienone is 17. The molecule has 0 aromatic rings. The Morgan fingerprint density at radius 1 is 0.402 bits per heavy atom. The van der Waals surface area contributed by atoms with Gasteiger partial charge in [-0.25, -0.2) is 0 Å². The lowest BCUT2D eigenvalue weighted by Crippen LogP contribution is -2.66. The Morgan fingerprint density at radius 2 is 0.761 bits per heavy atom. The molecule has 528 valence electrons. The van der Waals surface area contributed by atoms with Crippen LogP contribution in [-0.2, 0) is 33.2 Å². The predicted molar refractivity (Wildman–Crippen MR) is 360 cm³/mol. The summed E-state index contributed by atoms with van der Waals surface area (Å²) in [6.45, 7) is 1.49. The number of carbonyl (C=O) groups is 1. The molecular weight excluding hydrogens is 1180 g/mol. The van der Waals surface area contributed by atoms with Crippen LogP contribution in [0.5, 0.6) is 0 Å². The number of amides is 1. The van der Waals surface area contributed by atoms with E-state index in [1.165, 1.54) is 89.9 Å².